The van der Waals surface area contributed by atoms with Crippen LogP contribution in [0.5, 0.6) is 0 Å². The van der Waals surface area contributed by atoms with Gasteiger partial charge in [-0.05, 0) is 37.1 Å². The summed E-state index contributed by atoms with van der Waals surface area (Å²) in [5.74, 6) is -3.01. The molecule has 18 heavy (non-hydrogen) atoms. The first-order valence-corrected chi connectivity index (χ1v) is 6.12. The molecule has 2 aliphatic heterocycles. The van der Waals surface area contributed by atoms with Crippen LogP contribution >= 0.6 is 0 Å². The van der Waals surface area contributed by atoms with Gasteiger partial charge in [0.05, 0.1) is 12.5 Å². The second kappa shape index (κ2) is 4.02. The molecule has 2 heterocycles. The standard InChI is InChI=1S/C13H14F2N2O/c14-13(15,11-2-1-5-16-11)9-3-4-10-8(6-9)7-12(18)17-10/h3-4,6,11,16H,1-2,5,7H2,(H,17,18). The lowest BCUT2D eigenvalue weighted by molar-refractivity contribution is -0.115. The molecular weight excluding hydrogens is 238 g/mol. The molecule has 1 saturated heterocycles. The van der Waals surface area contributed by atoms with Crippen molar-refractivity contribution in [3.63, 3.8) is 0 Å². The molecule has 0 aliphatic carbocycles. The van der Waals surface area contributed by atoms with Gasteiger partial charge in [-0.3, -0.25) is 4.79 Å². The average molecular weight is 252 g/mol. The summed E-state index contributed by atoms with van der Waals surface area (Å²) in [5.41, 5.74) is 1.31. The zero-order valence-corrected chi connectivity index (χ0v) is 9.80. The quantitative estimate of drug-likeness (QED) is 0.845. The minimum atomic E-state index is -2.88. The van der Waals surface area contributed by atoms with Crippen molar-refractivity contribution in [3.05, 3.63) is 29.3 Å². The smallest absolute Gasteiger partial charge is 0.288 e. The molecule has 1 aromatic rings. The zero-order valence-electron chi connectivity index (χ0n) is 9.80. The predicted octanol–water partition coefficient (Wildman–Crippen LogP) is 2.02. The van der Waals surface area contributed by atoms with Crippen molar-refractivity contribution >= 4 is 11.6 Å². The molecule has 1 fully saturated rings. The van der Waals surface area contributed by atoms with Crippen molar-refractivity contribution in [3.8, 4) is 0 Å². The van der Waals surface area contributed by atoms with Crippen LogP contribution in [0.2, 0.25) is 0 Å². The van der Waals surface area contributed by atoms with Crippen molar-refractivity contribution < 1.29 is 13.6 Å². The van der Waals surface area contributed by atoms with Crippen molar-refractivity contribution in [2.45, 2.75) is 31.2 Å². The Hall–Kier alpha value is -1.49. The highest BCUT2D eigenvalue weighted by atomic mass is 19.3. The number of anilines is 1. The topological polar surface area (TPSA) is 41.1 Å². The van der Waals surface area contributed by atoms with E-state index in [0.29, 0.717) is 24.2 Å². The number of hydrogen-bond donors (Lipinski definition) is 2. The van der Waals surface area contributed by atoms with Crippen LogP contribution in [0.3, 0.4) is 0 Å². The van der Waals surface area contributed by atoms with Gasteiger partial charge in [0.25, 0.3) is 5.92 Å². The minimum Gasteiger partial charge on any atom is -0.326 e. The first-order chi connectivity index (χ1) is 8.57. The highest BCUT2D eigenvalue weighted by molar-refractivity contribution is 5.99. The molecule has 0 bridgehead atoms. The molecule has 0 aromatic heterocycles. The molecule has 2 aliphatic rings. The van der Waals surface area contributed by atoms with Gasteiger partial charge in [-0.1, -0.05) is 6.07 Å². The lowest BCUT2D eigenvalue weighted by atomic mass is 9.97. The van der Waals surface area contributed by atoms with Gasteiger partial charge in [0.2, 0.25) is 5.91 Å². The number of benzene rings is 1. The number of hydrogen-bond acceptors (Lipinski definition) is 2. The third-order valence-electron chi connectivity index (χ3n) is 3.61. The summed E-state index contributed by atoms with van der Waals surface area (Å²) in [4.78, 5) is 11.2. The zero-order chi connectivity index (χ0) is 12.8. The fraction of sp³-hybridized carbons (Fsp3) is 0.462. The van der Waals surface area contributed by atoms with Gasteiger partial charge in [-0.25, -0.2) is 0 Å². The normalized spacial score (nSPS) is 23.0. The van der Waals surface area contributed by atoms with E-state index >= 15 is 0 Å². The first-order valence-electron chi connectivity index (χ1n) is 6.12. The van der Waals surface area contributed by atoms with Gasteiger partial charge in [0.1, 0.15) is 0 Å². The number of carbonyl (C=O) groups is 1. The second-order valence-corrected chi connectivity index (χ2v) is 4.87. The Labute approximate surface area is 104 Å². The minimum absolute atomic E-state index is 0.00264. The van der Waals surface area contributed by atoms with Crippen LogP contribution in [0.15, 0.2) is 18.2 Å². The summed E-state index contributed by atoms with van der Waals surface area (Å²) in [6, 6.07) is 3.64. The maximum Gasteiger partial charge on any atom is 0.288 e. The maximum absolute atomic E-state index is 14.3. The second-order valence-electron chi connectivity index (χ2n) is 4.87. The Morgan fingerprint density at radius 3 is 2.89 bits per heavy atom. The number of nitrogens with one attached hydrogen (secondary N) is 2. The van der Waals surface area contributed by atoms with E-state index in [1.165, 1.54) is 12.1 Å². The van der Waals surface area contributed by atoms with Crippen LogP contribution in [-0.2, 0) is 17.1 Å². The van der Waals surface area contributed by atoms with E-state index in [-0.39, 0.29) is 17.9 Å². The van der Waals surface area contributed by atoms with Gasteiger partial charge >= 0.3 is 0 Å². The lowest BCUT2D eigenvalue weighted by Crippen LogP contribution is -2.38. The molecule has 1 amide bonds. The molecule has 1 unspecified atom stereocenters. The van der Waals surface area contributed by atoms with E-state index in [9.17, 15) is 13.6 Å². The number of fused-ring (bicyclic) bond motifs is 1. The Kier molecular flexibility index (Phi) is 2.59. The number of halogens is 2. The number of alkyl halides is 2. The van der Waals surface area contributed by atoms with E-state index in [2.05, 4.69) is 10.6 Å². The number of rotatable bonds is 2. The Balaban J connectivity index is 1.92. The average Bonchev–Trinajstić information content (AvgIpc) is 2.95. The third-order valence-corrected chi connectivity index (χ3v) is 3.61. The van der Waals surface area contributed by atoms with Crippen LogP contribution in [0, 0.1) is 0 Å². The number of amides is 1. The SMILES string of the molecule is O=C1Cc2cc(C(F)(F)C3CCCN3)ccc2N1. The van der Waals surface area contributed by atoms with E-state index in [1.54, 1.807) is 6.07 Å². The van der Waals surface area contributed by atoms with Crippen molar-refractivity contribution in [2.24, 2.45) is 0 Å². The largest absolute Gasteiger partial charge is 0.326 e. The van der Waals surface area contributed by atoms with Crippen molar-refractivity contribution in [1.82, 2.24) is 5.32 Å². The van der Waals surface area contributed by atoms with Crippen LogP contribution in [-0.4, -0.2) is 18.5 Å². The molecule has 5 heteroatoms. The summed E-state index contributed by atoms with van der Waals surface area (Å²) in [6.07, 6.45) is 1.46. The first kappa shape index (κ1) is 11.6. The fourth-order valence-electron chi connectivity index (χ4n) is 2.63. The van der Waals surface area contributed by atoms with Crippen LogP contribution in [0.4, 0.5) is 14.5 Å². The molecule has 3 rings (SSSR count). The van der Waals surface area contributed by atoms with Crippen LogP contribution in [0.25, 0.3) is 0 Å². The predicted molar refractivity (Wildman–Crippen MR) is 63.7 cm³/mol. The monoisotopic (exact) mass is 252 g/mol. The van der Waals surface area contributed by atoms with Crippen LogP contribution in [0.1, 0.15) is 24.0 Å². The van der Waals surface area contributed by atoms with Crippen molar-refractivity contribution in [1.29, 1.82) is 0 Å². The van der Waals surface area contributed by atoms with Crippen molar-refractivity contribution in [2.75, 3.05) is 11.9 Å². The Morgan fingerprint density at radius 2 is 2.17 bits per heavy atom. The molecule has 3 nitrogen and oxygen atoms in total. The summed E-state index contributed by atoms with van der Waals surface area (Å²) >= 11 is 0. The molecule has 1 atom stereocenters. The summed E-state index contributed by atoms with van der Waals surface area (Å²) in [6.45, 7) is 0.644. The van der Waals surface area contributed by atoms with Crippen LogP contribution < -0.4 is 10.6 Å². The van der Waals surface area contributed by atoms with E-state index in [4.69, 9.17) is 0 Å². The lowest BCUT2D eigenvalue weighted by Gasteiger charge is -2.24. The van der Waals surface area contributed by atoms with E-state index in [0.717, 1.165) is 6.42 Å². The van der Waals surface area contributed by atoms with E-state index in [1.807, 2.05) is 0 Å². The summed E-state index contributed by atoms with van der Waals surface area (Å²) < 4.78 is 28.5. The summed E-state index contributed by atoms with van der Waals surface area (Å²) in [7, 11) is 0. The molecule has 2 N–H and O–H groups in total. The third kappa shape index (κ3) is 1.79. The summed E-state index contributed by atoms with van der Waals surface area (Å²) in [5, 5.41) is 5.49. The van der Waals surface area contributed by atoms with Gasteiger partial charge in [0.15, 0.2) is 0 Å². The Morgan fingerprint density at radius 1 is 1.33 bits per heavy atom. The molecule has 0 spiro atoms. The molecule has 0 radical (unpaired) electrons. The highest BCUT2D eigenvalue weighted by Crippen LogP contribution is 2.37. The molecule has 96 valence electrons. The Bertz CT molecular complexity index is 496. The molecule has 1 aromatic carbocycles. The van der Waals surface area contributed by atoms with E-state index < -0.39 is 12.0 Å². The fourth-order valence-corrected chi connectivity index (χ4v) is 2.63. The molecular formula is C13H14F2N2O. The van der Waals surface area contributed by atoms with Gasteiger partial charge in [0, 0.05) is 11.3 Å². The van der Waals surface area contributed by atoms with Gasteiger partial charge in [-0.2, -0.15) is 8.78 Å². The maximum atomic E-state index is 14.3. The number of carbonyl (C=O) groups excluding carboxylic acids is 1. The highest BCUT2D eigenvalue weighted by Gasteiger charge is 2.43. The van der Waals surface area contributed by atoms with Gasteiger partial charge < -0.3 is 10.6 Å². The molecule has 0 saturated carbocycles. The van der Waals surface area contributed by atoms with Gasteiger partial charge in [-0.15, -0.1) is 0 Å².